The molecule has 10 heteroatoms. The number of benzene rings is 2. The van der Waals surface area contributed by atoms with E-state index in [0.717, 1.165) is 11.3 Å². The van der Waals surface area contributed by atoms with Gasteiger partial charge in [-0.3, -0.25) is 14.5 Å². The number of ketones is 1. The van der Waals surface area contributed by atoms with Gasteiger partial charge in [0.05, 0.1) is 31.1 Å². The Morgan fingerprint density at radius 1 is 1.07 bits per heavy atom. The van der Waals surface area contributed by atoms with Gasteiger partial charge in [0.15, 0.2) is 11.5 Å². The van der Waals surface area contributed by atoms with Gasteiger partial charge in [0.2, 0.25) is 0 Å². The molecule has 0 spiro atoms. The number of Topliss-reactive ketones (excluding diaryl/α,β-unsaturated/α-hetero) is 1. The van der Waals surface area contributed by atoms with Crippen LogP contribution in [0.1, 0.15) is 68.6 Å². The molecule has 0 atom stereocenters. The number of aryl methyl sites for hydroxylation is 2. The maximum absolute atomic E-state index is 14.1. The van der Waals surface area contributed by atoms with Crippen LogP contribution >= 0.6 is 0 Å². The molecule has 0 bridgehead atoms. The van der Waals surface area contributed by atoms with Crippen LogP contribution in [-0.4, -0.2) is 42.2 Å². The van der Waals surface area contributed by atoms with Crippen molar-refractivity contribution in [3.63, 3.8) is 0 Å². The molecule has 0 unspecified atom stereocenters. The number of nitrogens with zero attached hydrogens (tertiary/aromatic N) is 3. The summed E-state index contributed by atoms with van der Waals surface area (Å²) in [6.07, 6.45) is -2.20. The van der Waals surface area contributed by atoms with E-state index in [1.807, 2.05) is 33.8 Å². The van der Waals surface area contributed by atoms with Crippen molar-refractivity contribution in [1.82, 2.24) is 9.78 Å². The van der Waals surface area contributed by atoms with E-state index < -0.39 is 17.4 Å². The number of carbonyl (C=O) groups is 1. The third kappa shape index (κ3) is 7.72. The molecular weight excluding hydrogens is 562 g/mol. The zero-order chi connectivity index (χ0) is 32.3. The molecule has 1 saturated carbocycles. The Kier molecular flexibility index (Phi) is 9.93. The standard InChI is InChI=1S/C21H22FNO3.C12H17F3N2/c1-13-8-20(25-4)21(26-5)11-19(13)23-12-14(2)16-6-7-17(9-15(3)24)18(22)10-16;1-8-7-9(16-17(8)10(2,3)4)11(5-6-11)12(13,14)15/h6-8,10-12H,2,9H2,1,3-5H3;7H,5-6H2,1-4H3. The van der Waals surface area contributed by atoms with Crippen molar-refractivity contribution in [2.45, 2.75) is 77.9 Å². The van der Waals surface area contributed by atoms with E-state index in [1.165, 1.54) is 13.0 Å². The van der Waals surface area contributed by atoms with E-state index in [4.69, 9.17) is 9.47 Å². The number of carbonyl (C=O) groups excluding carboxylic acids is 1. The SMILES string of the molecule is C=C(C=Nc1cc(OC)c(OC)cc1C)c1ccc(CC(C)=O)c(F)c1.Cc1cc(C2(C(F)(F)F)CC2)nn1C(C)(C)C. The molecule has 0 aliphatic heterocycles. The molecule has 1 aliphatic carbocycles. The second-order valence-electron chi connectivity index (χ2n) is 11.8. The van der Waals surface area contributed by atoms with Crippen LogP contribution in [0.2, 0.25) is 0 Å². The minimum absolute atomic E-state index is 0.0809. The van der Waals surface area contributed by atoms with Crippen LogP contribution in [0.5, 0.6) is 11.5 Å². The van der Waals surface area contributed by atoms with E-state index >= 15 is 0 Å². The minimum atomic E-state index is -4.18. The van der Waals surface area contributed by atoms with Crippen LogP contribution < -0.4 is 9.47 Å². The highest BCUT2D eigenvalue weighted by Crippen LogP contribution is 2.58. The predicted octanol–water partition coefficient (Wildman–Crippen LogP) is 8.24. The van der Waals surface area contributed by atoms with Gasteiger partial charge < -0.3 is 9.47 Å². The van der Waals surface area contributed by atoms with Gasteiger partial charge in [0.1, 0.15) is 17.0 Å². The molecule has 1 heterocycles. The van der Waals surface area contributed by atoms with Crippen molar-refractivity contribution in [3.05, 3.63) is 76.9 Å². The van der Waals surface area contributed by atoms with Gasteiger partial charge in [-0.25, -0.2) is 4.39 Å². The van der Waals surface area contributed by atoms with E-state index in [9.17, 15) is 22.4 Å². The molecular formula is C33H39F4N3O3. The summed E-state index contributed by atoms with van der Waals surface area (Å²) in [6.45, 7) is 14.9. The summed E-state index contributed by atoms with van der Waals surface area (Å²) in [5.74, 6) is 0.705. The number of allylic oxidation sites excluding steroid dienone is 1. The van der Waals surface area contributed by atoms with Gasteiger partial charge >= 0.3 is 6.18 Å². The number of hydrogen-bond acceptors (Lipinski definition) is 5. The molecule has 1 aromatic heterocycles. The van der Waals surface area contributed by atoms with Crippen LogP contribution in [0.15, 0.2) is 48.0 Å². The third-order valence-corrected chi connectivity index (χ3v) is 7.23. The Balaban J connectivity index is 0.000000257. The molecule has 2 aromatic carbocycles. The second kappa shape index (κ2) is 12.7. The highest BCUT2D eigenvalue weighted by molar-refractivity contribution is 6.09. The first-order valence-corrected chi connectivity index (χ1v) is 13.8. The average Bonchev–Trinajstić information content (AvgIpc) is 3.64. The molecule has 0 saturated heterocycles. The topological polar surface area (TPSA) is 65.7 Å². The predicted molar refractivity (Wildman–Crippen MR) is 161 cm³/mol. The zero-order valence-corrected chi connectivity index (χ0v) is 25.9. The lowest BCUT2D eigenvalue weighted by Gasteiger charge is -2.22. The lowest BCUT2D eigenvalue weighted by atomic mass is 10.0. The Hall–Kier alpha value is -3.95. The van der Waals surface area contributed by atoms with Crippen molar-refractivity contribution in [3.8, 4) is 11.5 Å². The summed E-state index contributed by atoms with van der Waals surface area (Å²) < 4.78 is 65.2. The number of aliphatic imine (C=N–C) groups is 1. The van der Waals surface area contributed by atoms with Gasteiger partial charge in [-0.05, 0) is 94.8 Å². The van der Waals surface area contributed by atoms with Crippen LogP contribution in [0.25, 0.3) is 5.57 Å². The molecule has 4 rings (SSSR count). The maximum Gasteiger partial charge on any atom is 0.400 e. The minimum Gasteiger partial charge on any atom is -0.493 e. The van der Waals surface area contributed by atoms with Crippen molar-refractivity contribution in [1.29, 1.82) is 0 Å². The quantitative estimate of drug-likeness (QED) is 0.193. The first kappa shape index (κ1) is 33.6. The molecule has 43 heavy (non-hydrogen) atoms. The van der Waals surface area contributed by atoms with Gasteiger partial charge in [0.25, 0.3) is 0 Å². The summed E-state index contributed by atoms with van der Waals surface area (Å²) in [5.41, 5.74) is 2.16. The average molecular weight is 602 g/mol. The van der Waals surface area contributed by atoms with E-state index in [1.54, 1.807) is 56.3 Å². The highest BCUT2D eigenvalue weighted by Gasteiger charge is 2.65. The first-order valence-electron chi connectivity index (χ1n) is 13.8. The molecule has 3 aromatic rings. The number of aromatic nitrogens is 2. The highest BCUT2D eigenvalue weighted by atomic mass is 19.4. The maximum atomic E-state index is 14.1. The lowest BCUT2D eigenvalue weighted by Crippen LogP contribution is -2.30. The van der Waals surface area contributed by atoms with Gasteiger partial charge in [0, 0.05) is 24.4 Å². The van der Waals surface area contributed by atoms with Crippen molar-refractivity contribution < 1.29 is 31.8 Å². The fourth-order valence-electron chi connectivity index (χ4n) is 4.69. The summed E-state index contributed by atoms with van der Waals surface area (Å²) in [7, 11) is 3.14. The number of ether oxygens (including phenoxy) is 2. The molecule has 0 N–H and O–H groups in total. The smallest absolute Gasteiger partial charge is 0.400 e. The molecule has 0 radical (unpaired) electrons. The molecule has 0 amide bonds. The summed E-state index contributed by atoms with van der Waals surface area (Å²) in [6, 6.07) is 9.89. The van der Waals surface area contributed by atoms with Gasteiger partial charge in [-0.15, -0.1) is 0 Å². The molecule has 1 fully saturated rings. The Morgan fingerprint density at radius 3 is 2.14 bits per heavy atom. The van der Waals surface area contributed by atoms with Crippen LogP contribution in [0.3, 0.4) is 0 Å². The number of hydrogen-bond donors (Lipinski definition) is 0. The zero-order valence-electron chi connectivity index (χ0n) is 25.9. The first-order chi connectivity index (χ1) is 19.9. The Bertz CT molecular complexity index is 1530. The number of alkyl halides is 3. The molecule has 6 nitrogen and oxygen atoms in total. The molecule has 232 valence electrons. The largest absolute Gasteiger partial charge is 0.493 e. The second-order valence-corrected chi connectivity index (χ2v) is 11.8. The Morgan fingerprint density at radius 2 is 1.67 bits per heavy atom. The van der Waals surface area contributed by atoms with Crippen LogP contribution in [0, 0.1) is 19.7 Å². The monoisotopic (exact) mass is 601 g/mol. The number of methoxy groups -OCH3 is 2. The third-order valence-electron chi connectivity index (χ3n) is 7.23. The van der Waals surface area contributed by atoms with E-state index in [2.05, 4.69) is 16.7 Å². The number of rotatable bonds is 8. The van der Waals surface area contributed by atoms with E-state index in [-0.39, 0.29) is 36.3 Å². The van der Waals surface area contributed by atoms with Crippen LogP contribution in [-0.2, 0) is 22.2 Å². The van der Waals surface area contributed by atoms with Gasteiger partial charge in [-0.1, -0.05) is 18.7 Å². The molecule has 1 aliphatic rings. The summed E-state index contributed by atoms with van der Waals surface area (Å²) >= 11 is 0. The normalized spacial score (nSPS) is 14.2. The van der Waals surface area contributed by atoms with Crippen molar-refractivity contribution in [2.75, 3.05) is 14.2 Å². The van der Waals surface area contributed by atoms with Crippen LogP contribution in [0.4, 0.5) is 23.2 Å². The van der Waals surface area contributed by atoms with Crippen molar-refractivity contribution in [2.24, 2.45) is 4.99 Å². The fourth-order valence-corrected chi connectivity index (χ4v) is 4.69. The van der Waals surface area contributed by atoms with Crippen molar-refractivity contribution >= 4 is 23.3 Å². The Labute approximate surface area is 250 Å². The van der Waals surface area contributed by atoms with Gasteiger partial charge in [-0.2, -0.15) is 18.3 Å². The lowest BCUT2D eigenvalue weighted by molar-refractivity contribution is -0.161. The number of halogens is 4. The van der Waals surface area contributed by atoms with E-state index in [0.29, 0.717) is 33.9 Å². The summed E-state index contributed by atoms with van der Waals surface area (Å²) in [4.78, 5) is 15.6. The summed E-state index contributed by atoms with van der Waals surface area (Å²) in [5, 5.41) is 4.18. The fraction of sp³-hybridized carbons (Fsp3) is 0.424.